The van der Waals surface area contributed by atoms with Crippen LogP contribution in [0.2, 0.25) is 0 Å². The standard InChI is InChI=1S/C64H81N7O9S2/c1-41(2)55(68-59(73)49(39-81(77,78)63(5,6)7)37-47-31-21-29-45-27-17-19-33-51(45)47)61(75)66-53(35-43-23-13-11-14-24-43)57(70-71-65)58(72)54(36-44-25-15-12-16-26-44)67-62(76)56(42(3)4)69-60(74)50(40-82(79,80)64(8,9)10)38-48-32-22-30-46-28-18-20-34-52(46)48/h11-34,41-42,49-50,53-58,72H,35-40H2,1-10H3,(H,66,75)(H,67,76)(H,68,73)(H,69,74)/t49-,50-,53+,54+,55+,56+,57+,58-/m1/s1. The number of nitrogens with zero attached hydrogens (tertiary/aromatic N) is 3. The first-order valence-electron chi connectivity index (χ1n) is 28.0. The average Bonchev–Trinajstić information content (AvgIpc) is 3.58. The maximum absolute atomic E-state index is 14.9. The molecule has 4 amide bonds. The summed E-state index contributed by atoms with van der Waals surface area (Å²) in [6.45, 7) is 16.4. The Morgan fingerprint density at radius 1 is 0.488 bits per heavy atom. The molecule has 0 unspecified atom stereocenters. The van der Waals surface area contributed by atoms with E-state index in [0.29, 0.717) is 11.1 Å². The number of azide groups is 1. The third-order valence-electron chi connectivity index (χ3n) is 15.2. The lowest BCUT2D eigenvalue weighted by Gasteiger charge is -2.36. The van der Waals surface area contributed by atoms with Crippen LogP contribution in [0.15, 0.2) is 151 Å². The van der Waals surface area contributed by atoms with Crippen LogP contribution in [-0.4, -0.2) is 103 Å². The van der Waals surface area contributed by atoms with Crippen LogP contribution in [0, 0.1) is 23.7 Å². The van der Waals surface area contributed by atoms with Crippen molar-refractivity contribution in [2.24, 2.45) is 28.8 Å². The number of nitrogens with one attached hydrogen (secondary N) is 4. The number of benzene rings is 6. The fourth-order valence-electron chi connectivity index (χ4n) is 10.0. The molecule has 0 saturated heterocycles. The van der Waals surface area contributed by atoms with Crippen LogP contribution in [0.1, 0.15) is 91.5 Å². The van der Waals surface area contributed by atoms with Crippen LogP contribution >= 0.6 is 0 Å². The molecule has 8 atom stereocenters. The van der Waals surface area contributed by atoms with Gasteiger partial charge in [0.1, 0.15) is 12.1 Å². The smallest absolute Gasteiger partial charge is 0.243 e. The van der Waals surface area contributed by atoms with Gasteiger partial charge in [0, 0.05) is 11.0 Å². The van der Waals surface area contributed by atoms with Crippen molar-refractivity contribution in [2.75, 3.05) is 11.5 Å². The molecule has 6 aromatic carbocycles. The number of aliphatic hydroxyl groups excluding tert-OH is 1. The Kier molecular flexibility index (Phi) is 21.7. The van der Waals surface area contributed by atoms with Crippen molar-refractivity contribution in [1.29, 1.82) is 0 Å². The van der Waals surface area contributed by atoms with Crippen molar-refractivity contribution >= 4 is 64.8 Å². The van der Waals surface area contributed by atoms with E-state index in [2.05, 4.69) is 31.3 Å². The quantitative estimate of drug-likeness (QED) is 0.0197. The van der Waals surface area contributed by atoms with E-state index in [1.54, 1.807) is 130 Å². The summed E-state index contributed by atoms with van der Waals surface area (Å²) in [5.74, 6) is -7.06. The van der Waals surface area contributed by atoms with E-state index in [1.165, 1.54) is 0 Å². The molecule has 0 aliphatic carbocycles. The largest absolute Gasteiger partial charge is 0.390 e. The summed E-state index contributed by atoms with van der Waals surface area (Å²) in [4.78, 5) is 62.3. The van der Waals surface area contributed by atoms with Crippen molar-refractivity contribution in [1.82, 2.24) is 21.3 Å². The number of rotatable bonds is 26. The molecule has 0 radical (unpaired) electrons. The number of aliphatic hydroxyl groups is 1. The van der Waals surface area contributed by atoms with Crippen LogP contribution in [-0.2, 0) is 64.5 Å². The Labute approximate surface area is 484 Å². The lowest BCUT2D eigenvalue weighted by Crippen LogP contribution is -2.61. The van der Waals surface area contributed by atoms with E-state index in [4.69, 9.17) is 0 Å². The molecule has 0 fully saturated rings. The van der Waals surface area contributed by atoms with Gasteiger partial charge in [0.2, 0.25) is 23.6 Å². The van der Waals surface area contributed by atoms with E-state index < -0.39 is 124 Å². The second kappa shape index (κ2) is 27.8. The van der Waals surface area contributed by atoms with Crippen molar-refractivity contribution < 1.29 is 41.1 Å². The summed E-state index contributed by atoms with van der Waals surface area (Å²) < 4.78 is 53.0. The molecule has 82 heavy (non-hydrogen) atoms. The molecule has 0 spiro atoms. The van der Waals surface area contributed by atoms with Gasteiger partial charge in [-0.25, -0.2) is 16.8 Å². The zero-order chi connectivity index (χ0) is 60.2. The first-order chi connectivity index (χ1) is 38.6. The van der Waals surface area contributed by atoms with Gasteiger partial charge in [0.05, 0.1) is 51.0 Å². The molecule has 5 N–H and O–H groups in total. The molecule has 438 valence electrons. The first kappa shape index (κ1) is 64.1. The van der Waals surface area contributed by atoms with Gasteiger partial charge in [0.25, 0.3) is 0 Å². The van der Waals surface area contributed by atoms with Crippen molar-refractivity contribution in [3.8, 4) is 0 Å². The van der Waals surface area contributed by atoms with Gasteiger partial charge >= 0.3 is 0 Å². The maximum Gasteiger partial charge on any atom is 0.243 e. The highest BCUT2D eigenvalue weighted by Crippen LogP contribution is 2.29. The minimum atomic E-state index is -3.87. The number of amides is 4. The van der Waals surface area contributed by atoms with Crippen molar-refractivity contribution in [3.05, 3.63) is 178 Å². The molecular weight excluding hydrogens is 1070 g/mol. The van der Waals surface area contributed by atoms with Crippen LogP contribution in [0.25, 0.3) is 32.0 Å². The summed E-state index contributed by atoms with van der Waals surface area (Å²) in [6.07, 6.45) is -1.61. The predicted molar refractivity (Wildman–Crippen MR) is 326 cm³/mol. The van der Waals surface area contributed by atoms with Crippen molar-refractivity contribution in [2.45, 2.75) is 141 Å². The van der Waals surface area contributed by atoms with Gasteiger partial charge in [0.15, 0.2) is 19.7 Å². The fourth-order valence-corrected chi connectivity index (χ4v) is 12.6. The van der Waals surface area contributed by atoms with Gasteiger partial charge in [-0.2, -0.15) is 0 Å². The zero-order valence-corrected chi connectivity index (χ0v) is 50.4. The second-order valence-corrected chi connectivity index (χ2v) is 29.7. The minimum absolute atomic E-state index is 0.00582. The molecule has 0 aliphatic heterocycles. The first-order valence-corrected chi connectivity index (χ1v) is 31.3. The Bertz CT molecular complexity index is 3440. The molecule has 6 rings (SSSR count). The molecule has 18 heteroatoms. The van der Waals surface area contributed by atoms with Crippen LogP contribution < -0.4 is 21.3 Å². The predicted octanol–water partition coefficient (Wildman–Crippen LogP) is 9.21. The highest BCUT2D eigenvalue weighted by molar-refractivity contribution is 7.93. The SMILES string of the molecule is CC(C)[C@H](NC(=O)[C@H](Cc1cccc2ccccc12)CS(=O)(=O)C(C)(C)C)C(=O)N[C@@H](Cc1ccccc1)[C@@H](O)[C@@H](N=[N+]=[N-])[C@H](Cc1ccccc1)NC(=O)[C@@H](NC(=O)[C@H](Cc1cccc2ccccc12)CS(=O)(=O)C(C)(C)C)C(C)C. The summed E-state index contributed by atoms with van der Waals surface area (Å²) in [5, 5.41) is 32.2. The van der Waals surface area contributed by atoms with Crippen LogP contribution in [0.5, 0.6) is 0 Å². The van der Waals surface area contributed by atoms with E-state index >= 15 is 0 Å². The van der Waals surface area contributed by atoms with E-state index in [-0.39, 0.29) is 25.7 Å². The molecule has 0 aromatic heterocycles. The van der Waals surface area contributed by atoms with E-state index in [0.717, 1.165) is 32.7 Å². The Balaban J connectivity index is 1.33. The van der Waals surface area contributed by atoms with Gasteiger partial charge in [-0.05, 0) is 128 Å². The summed E-state index contributed by atoms with van der Waals surface area (Å²) in [7, 11) is -7.74. The highest BCUT2D eigenvalue weighted by atomic mass is 32.2. The molecule has 0 aliphatic rings. The van der Waals surface area contributed by atoms with E-state index in [1.807, 2.05) is 84.9 Å². The highest BCUT2D eigenvalue weighted by Gasteiger charge is 2.41. The number of hydrogen-bond acceptors (Lipinski definition) is 10. The Hall–Kier alpha value is -7.11. The Morgan fingerprint density at radius 2 is 0.841 bits per heavy atom. The Morgan fingerprint density at radius 3 is 1.22 bits per heavy atom. The molecule has 0 saturated carbocycles. The van der Waals surface area contributed by atoms with Gasteiger partial charge in [-0.1, -0.05) is 178 Å². The lowest BCUT2D eigenvalue weighted by molar-refractivity contribution is -0.133. The van der Waals surface area contributed by atoms with Crippen molar-refractivity contribution in [3.63, 3.8) is 0 Å². The zero-order valence-electron chi connectivity index (χ0n) is 48.7. The number of sulfone groups is 2. The van der Waals surface area contributed by atoms with Gasteiger partial charge in [-0.3, -0.25) is 19.2 Å². The summed E-state index contributed by atoms with van der Waals surface area (Å²) in [5.41, 5.74) is 13.1. The average molecular weight is 1160 g/mol. The fraction of sp³-hybridized carbons (Fsp3) is 0.438. The molecule has 6 aromatic rings. The summed E-state index contributed by atoms with van der Waals surface area (Å²) in [6, 6.07) is 38.1. The number of carbonyl (C=O) groups is 4. The maximum atomic E-state index is 14.9. The molecule has 16 nitrogen and oxygen atoms in total. The molecule has 0 heterocycles. The third kappa shape index (κ3) is 16.8. The number of carbonyl (C=O) groups excluding carboxylic acids is 4. The third-order valence-corrected chi connectivity index (χ3v) is 20.7. The normalized spacial score (nSPS) is 15.3. The summed E-state index contributed by atoms with van der Waals surface area (Å²) >= 11 is 0. The molecular formula is C64H81N7O9S2. The second-order valence-electron chi connectivity index (χ2n) is 24.1. The monoisotopic (exact) mass is 1160 g/mol. The topological polar surface area (TPSA) is 254 Å². The molecule has 0 bridgehead atoms. The number of hydrogen-bond donors (Lipinski definition) is 5. The van der Waals surface area contributed by atoms with Gasteiger partial charge < -0.3 is 26.4 Å². The van der Waals surface area contributed by atoms with Crippen LogP contribution in [0.3, 0.4) is 0 Å². The van der Waals surface area contributed by atoms with E-state index in [9.17, 15) is 46.7 Å². The minimum Gasteiger partial charge on any atom is -0.390 e. The lowest BCUT2D eigenvalue weighted by atomic mass is 9.88. The van der Waals surface area contributed by atoms with Crippen LogP contribution in [0.4, 0.5) is 0 Å². The van der Waals surface area contributed by atoms with Gasteiger partial charge in [-0.15, -0.1) is 0 Å². The number of fused-ring (bicyclic) bond motifs is 2.